The van der Waals surface area contributed by atoms with Gasteiger partial charge in [0.1, 0.15) is 11.7 Å². The molecule has 5 heteroatoms. The van der Waals surface area contributed by atoms with Gasteiger partial charge in [-0.05, 0) is 62.6 Å². The van der Waals surface area contributed by atoms with E-state index in [9.17, 15) is 10.2 Å². The zero-order valence-electron chi connectivity index (χ0n) is 18.8. The van der Waals surface area contributed by atoms with Crippen molar-refractivity contribution in [2.45, 2.75) is 88.6 Å². The summed E-state index contributed by atoms with van der Waals surface area (Å²) in [7, 11) is 1.80. The number of methoxy groups -OCH3 is 1. The highest BCUT2D eigenvalue weighted by atomic mass is 16.6. The maximum absolute atomic E-state index is 12.0. The number of phenols is 1. The smallest absolute Gasteiger partial charge is 0.165 e. The van der Waals surface area contributed by atoms with Gasteiger partial charge in [-0.3, -0.25) is 0 Å². The van der Waals surface area contributed by atoms with Crippen LogP contribution < -0.4 is 10.1 Å². The Labute approximate surface area is 179 Å². The molecule has 2 heterocycles. The first-order chi connectivity index (χ1) is 14.1. The van der Waals surface area contributed by atoms with Crippen LogP contribution in [0, 0.1) is 16.7 Å². The van der Waals surface area contributed by atoms with Crippen molar-refractivity contribution in [1.29, 1.82) is 0 Å². The van der Waals surface area contributed by atoms with Gasteiger partial charge in [0.2, 0.25) is 0 Å². The number of benzene rings is 1. The molecule has 0 radical (unpaired) electrons. The number of piperidine rings is 1. The number of aromatic hydroxyl groups is 1. The van der Waals surface area contributed by atoms with E-state index >= 15 is 0 Å². The Bertz CT molecular complexity index is 936. The molecule has 6 aliphatic rings. The van der Waals surface area contributed by atoms with Gasteiger partial charge in [0.25, 0.3) is 0 Å². The third kappa shape index (κ3) is 1.77. The van der Waals surface area contributed by atoms with Crippen LogP contribution in [-0.4, -0.2) is 47.2 Å². The maximum Gasteiger partial charge on any atom is 0.165 e. The van der Waals surface area contributed by atoms with Gasteiger partial charge in [0.15, 0.2) is 11.5 Å². The average Bonchev–Trinajstić information content (AvgIpc) is 3.05. The highest BCUT2D eigenvalue weighted by molar-refractivity contribution is 5.63. The second-order valence-electron chi connectivity index (χ2n) is 11.8. The van der Waals surface area contributed by atoms with Crippen LogP contribution in [-0.2, 0) is 16.6 Å². The number of phenolic OH excluding ortho intramolecular Hbond substituents is 1. The molecule has 2 spiro atoms. The predicted molar refractivity (Wildman–Crippen MR) is 114 cm³/mol. The van der Waals surface area contributed by atoms with Gasteiger partial charge in [-0.1, -0.05) is 26.8 Å². The lowest BCUT2D eigenvalue weighted by Gasteiger charge is -2.74. The molecule has 5 nitrogen and oxygen atoms in total. The zero-order valence-corrected chi connectivity index (χ0v) is 18.8. The Balaban J connectivity index is 1.65. The number of fused-ring (bicyclic) bond motifs is 2. The lowest BCUT2D eigenvalue weighted by atomic mass is 9.33. The van der Waals surface area contributed by atoms with Gasteiger partial charge >= 0.3 is 0 Å². The first-order valence-electron chi connectivity index (χ1n) is 11.6. The lowest BCUT2D eigenvalue weighted by molar-refractivity contribution is -0.303. The van der Waals surface area contributed by atoms with E-state index in [-0.39, 0.29) is 34.0 Å². The van der Waals surface area contributed by atoms with E-state index in [1.807, 2.05) is 6.92 Å². The van der Waals surface area contributed by atoms with Crippen LogP contribution in [0.1, 0.15) is 64.5 Å². The maximum atomic E-state index is 12.0. The van der Waals surface area contributed by atoms with Crippen LogP contribution in [0.25, 0.3) is 0 Å². The second-order valence-corrected chi connectivity index (χ2v) is 11.8. The molecular formula is C25H35NO4. The molecule has 4 aliphatic carbocycles. The van der Waals surface area contributed by atoms with E-state index < -0.39 is 11.2 Å². The van der Waals surface area contributed by atoms with E-state index in [1.54, 1.807) is 13.2 Å². The predicted octanol–water partition coefficient (Wildman–Crippen LogP) is 3.29. The lowest BCUT2D eigenvalue weighted by Crippen LogP contribution is -2.83. The Hall–Kier alpha value is -1.30. The van der Waals surface area contributed by atoms with Crippen LogP contribution in [0.3, 0.4) is 0 Å². The van der Waals surface area contributed by atoms with Gasteiger partial charge in [0.05, 0.1) is 5.60 Å². The Kier molecular flexibility index (Phi) is 3.46. The first-order valence-corrected chi connectivity index (χ1v) is 11.6. The molecule has 4 bridgehead atoms. The fraction of sp³-hybridized carbons (Fsp3) is 0.760. The molecule has 6 unspecified atom stereocenters. The van der Waals surface area contributed by atoms with Gasteiger partial charge in [0, 0.05) is 35.5 Å². The van der Waals surface area contributed by atoms with Crippen LogP contribution in [0.15, 0.2) is 12.1 Å². The molecule has 7 rings (SSSR count). The van der Waals surface area contributed by atoms with E-state index in [4.69, 9.17) is 9.47 Å². The van der Waals surface area contributed by atoms with E-state index in [1.165, 1.54) is 11.1 Å². The Morgan fingerprint density at radius 3 is 2.63 bits per heavy atom. The van der Waals surface area contributed by atoms with Crippen molar-refractivity contribution in [3.8, 4) is 11.5 Å². The summed E-state index contributed by atoms with van der Waals surface area (Å²) in [5, 5.41) is 26.6. The van der Waals surface area contributed by atoms with Gasteiger partial charge < -0.3 is 25.0 Å². The van der Waals surface area contributed by atoms with E-state index in [0.29, 0.717) is 11.8 Å². The largest absolute Gasteiger partial charge is 0.504 e. The molecule has 0 amide bonds. The minimum atomic E-state index is -0.910. The highest BCUT2D eigenvalue weighted by Gasteiger charge is 2.81. The minimum absolute atomic E-state index is 0.0160. The summed E-state index contributed by atoms with van der Waals surface area (Å²) in [6.07, 6.45) is 4.66. The summed E-state index contributed by atoms with van der Waals surface area (Å²) in [6.45, 7) is 9.33. The third-order valence-electron chi connectivity index (χ3n) is 10.4. The summed E-state index contributed by atoms with van der Waals surface area (Å²) in [5.74, 6) is 0.887. The molecule has 164 valence electrons. The number of aliphatic hydroxyl groups is 1. The molecule has 1 aromatic carbocycles. The quantitative estimate of drug-likeness (QED) is 0.694. The van der Waals surface area contributed by atoms with Crippen molar-refractivity contribution >= 4 is 0 Å². The fourth-order valence-corrected chi connectivity index (χ4v) is 8.53. The summed E-state index contributed by atoms with van der Waals surface area (Å²) < 4.78 is 13.2. The molecule has 3 N–H and O–H groups in total. The van der Waals surface area contributed by atoms with Gasteiger partial charge in [-0.15, -0.1) is 0 Å². The fourth-order valence-electron chi connectivity index (χ4n) is 8.53. The molecule has 1 aromatic rings. The van der Waals surface area contributed by atoms with E-state index in [2.05, 4.69) is 32.2 Å². The van der Waals surface area contributed by atoms with Crippen LogP contribution >= 0.6 is 0 Å². The molecular weight excluding hydrogens is 378 g/mol. The third-order valence-corrected chi connectivity index (χ3v) is 10.4. The summed E-state index contributed by atoms with van der Waals surface area (Å²) >= 11 is 0. The monoisotopic (exact) mass is 413 g/mol. The normalized spacial score (nSPS) is 44.9. The number of hydrogen-bond acceptors (Lipinski definition) is 5. The van der Waals surface area contributed by atoms with Gasteiger partial charge in [-0.25, -0.2) is 0 Å². The summed E-state index contributed by atoms with van der Waals surface area (Å²) in [4.78, 5) is 0. The van der Waals surface area contributed by atoms with Crippen molar-refractivity contribution in [2.24, 2.45) is 16.7 Å². The SMILES string of the molecule is CO[C@]12CCC3(CC1C(C)(O)C(C)(C)C)C1Cc4ccc(O)c5c4C3(CCN1)C2O5. The molecule has 0 aromatic heterocycles. The number of ether oxygens (including phenoxy) is 2. The molecule has 3 saturated carbocycles. The molecule has 2 aliphatic heterocycles. The number of hydrogen-bond donors (Lipinski definition) is 3. The number of nitrogens with one attached hydrogen (secondary N) is 1. The molecule has 7 atom stereocenters. The van der Waals surface area contributed by atoms with Crippen LogP contribution in [0.5, 0.6) is 11.5 Å². The first kappa shape index (κ1) is 19.4. The zero-order chi connectivity index (χ0) is 21.3. The van der Waals surface area contributed by atoms with Crippen molar-refractivity contribution in [2.75, 3.05) is 13.7 Å². The van der Waals surface area contributed by atoms with E-state index in [0.717, 1.165) is 38.6 Å². The van der Waals surface area contributed by atoms with Crippen molar-refractivity contribution < 1.29 is 19.7 Å². The van der Waals surface area contributed by atoms with Crippen LogP contribution in [0.4, 0.5) is 0 Å². The summed E-state index contributed by atoms with van der Waals surface area (Å²) in [6, 6.07) is 4.26. The molecule has 30 heavy (non-hydrogen) atoms. The molecule has 4 fully saturated rings. The number of rotatable bonds is 2. The standard InChI is InChI=1S/C25H35NO4/c1-21(2,3)22(4,28)16-13-23-8-9-25(16,29-5)20-24(23)10-11-26-17(23)12-14-6-7-15(27)19(30-20)18(14)24/h6-7,16-17,20,26-28H,8-13H2,1-5H3/t16?,17?,20?,22?,23?,24?,25-/m1/s1. The van der Waals surface area contributed by atoms with Crippen LogP contribution in [0.2, 0.25) is 0 Å². The second kappa shape index (κ2) is 5.36. The van der Waals surface area contributed by atoms with Crippen molar-refractivity contribution in [1.82, 2.24) is 5.32 Å². The van der Waals surface area contributed by atoms with Gasteiger partial charge in [-0.2, -0.15) is 0 Å². The minimum Gasteiger partial charge on any atom is -0.504 e. The highest BCUT2D eigenvalue weighted by Crippen LogP contribution is 2.77. The Morgan fingerprint density at radius 2 is 1.93 bits per heavy atom. The average molecular weight is 414 g/mol. The topological polar surface area (TPSA) is 71.0 Å². The van der Waals surface area contributed by atoms with Crippen molar-refractivity contribution in [3.05, 3.63) is 23.3 Å². The molecule has 1 saturated heterocycles. The summed E-state index contributed by atoms with van der Waals surface area (Å²) in [5.41, 5.74) is 0.658. The van der Waals surface area contributed by atoms with Crippen molar-refractivity contribution in [3.63, 3.8) is 0 Å². The Morgan fingerprint density at radius 1 is 1.17 bits per heavy atom.